The number of amides is 1. The Kier molecular flexibility index (Phi) is 35.6. The molecule has 6 N–H and O–H groups in total. The topological polar surface area (TPSA) is 209 Å². The third-order valence-corrected chi connectivity index (χ3v) is 2.49. The molecule has 0 aromatic rings. The summed E-state index contributed by atoms with van der Waals surface area (Å²) in [5.41, 5.74) is 4.72. The molecule has 0 unspecified atom stereocenters. The Balaban J connectivity index is -0.000000161. The first-order valence-corrected chi connectivity index (χ1v) is 8.92. The molecule has 0 saturated carbocycles. The van der Waals surface area contributed by atoms with Gasteiger partial charge in [-0.15, -0.1) is 0 Å². The Hall–Kier alpha value is -2.88. The molecule has 12 heteroatoms. The van der Waals surface area contributed by atoms with Crippen molar-refractivity contribution in [2.75, 3.05) is 32.9 Å². The van der Waals surface area contributed by atoms with Crippen molar-refractivity contribution in [3.63, 3.8) is 0 Å². The maximum atomic E-state index is 9.63. The number of carboxylic acids is 1. The van der Waals surface area contributed by atoms with Gasteiger partial charge < -0.3 is 30.9 Å². The van der Waals surface area contributed by atoms with Crippen molar-refractivity contribution in [2.24, 2.45) is 15.7 Å². The zero-order valence-electron chi connectivity index (χ0n) is 17.5. The molecule has 0 aliphatic carbocycles. The number of nitrogens with zero attached hydrogens (tertiary/aromatic N) is 2. The highest BCUT2D eigenvalue weighted by molar-refractivity contribution is 5.84. The minimum Gasteiger partial charge on any atom is -0.478 e. The molecule has 0 heterocycles. The van der Waals surface area contributed by atoms with E-state index in [9.17, 15) is 19.2 Å². The number of unbranched alkanes of at least 4 members (excludes halogenated alkanes) is 3. The highest BCUT2D eigenvalue weighted by atomic mass is 16.5. The number of hydrogen-bond acceptors (Lipinski definition) is 10. The van der Waals surface area contributed by atoms with Crippen molar-refractivity contribution in [1.82, 2.24) is 0 Å². The molecule has 0 aromatic carbocycles. The van der Waals surface area contributed by atoms with Crippen LogP contribution in [0.15, 0.2) is 22.1 Å². The standard InChI is InChI=1S/C8H12N2O2.C4H6O2.C3H7NO2.C3H8O3/c11-7-9-5-3-1-2-4-6-10-8-12;1-3(2)4(5)6;1-2-6-3(4)5;4-1-3(6)2-5/h1-6H2;1H2,2H3,(H,5,6);2H2,1H3,(H2,4,5);3-6H,1-2H2. The molecule has 0 aromatic heterocycles. The second-order valence-electron chi connectivity index (χ2n) is 5.22. The van der Waals surface area contributed by atoms with Crippen LogP contribution in [0.3, 0.4) is 0 Å². The first-order valence-electron chi connectivity index (χ1n) is 8.92. The van der Waals surface area contributed by atoms with Crippen LogP contribution >= 0.6 is 0 Å². The van der Waals surface area contributed by atoms with E-state index >= 15 is 0 Å². The number of carbonyl (C=O) groups is 2. The smallest absolute Gasteiger partial charge is 0.404 e. The number of aliphatic hydroxyl groups excluding tert-OH is 3. The van der Waals surface area contributed by atoms with Crippen LogP contribution < -0.4 is 5.73 Å². The van der Waals surface area contributed by atoms with Crippen LogP contribution in [0.5, 0.6) is 0 Å². The van der Waals surface area contributed by atoms with E-state index in [-0.39, 0.29) is 18.8 Å². The molecule has 1 amide bonds. The number of aliphatic hydroxyl groups is 3. The van der Waals surface area contributed by atoms with Gasteiger partial charge in [0.15, 0.2) is 0 Å². The molecule has 0 aliphatic heterocycles. The molecule has 0 spiro atoms. The third-order valence-electron chi connectivity index (χ3n) is 2.49. The molecule has 0 saturated heterocycles. The normalized spacial score (nSPS) is 8.33. The third kappa shape index (κ3) is 49.9. The van der Waals surface area contributed by atoms with Crippen molar-refractivity contribution in [1.29, 1.82) is 0 Å². The summed E-state index contributed by atoms with van der Waals surface area (Å²) >= 11 is 0. The molecule has 0 bridgehead atoms. The Morgan fingerprint density at radius 3 is 1.53 bits per heavy atom. The van der Waals surface area contributed by atoms with Gasteiger partial charge >= 0.3 is 12.1 Å². The number of carboxylic acid groups (broad SMARTS) is 1. The summed E-state index contributed by atoms with van der Waals surface area (Å²) in [5, 5.41) is 31.9. The lowest BCUT2D eigenvalue weighted by Crippen LogP contribution is -2.15. The quantitative estimate of drug-likeness (QED) is 0.130. The van der Waals surface area contributed by atoms with E-state index in [1.54, 1.807) is 6.92 Å². The van der Waals surface area contributed by atoms with Crippen LogP contribution in [0.25, 0.3) is 0 Å². The summed E-state index contributed by atoms with van der Waals surface area (Å²) in [6.45, 7) is 7.04. The fourth-order valence-electron chi connectivity index (χ4n) is 1.03. The van der Waals surface area contributed by atoms with Crippen LogP contribution in [0.2, 0.25) is 0 Å². The molecule has 0 rings (SSSR count). The van der Waals surface area contributed by atoms with Gasteiger partial charge in [0.25, 0.3) is 0 Å². The van der Waals surface area contributed by atoms with Gasteiger partial charge in [0.1, 0.15) is 6.10 Å². The lowest BCUT2D eigenvalue weighted by atomic mass is 10.2. The van der Waals surface area contributed by atoms with E-state index in [1.807, 2.05) is 0 Å². The summed E-state index contributed by atoms with van der Waals surface area (Å²) in [5.74, 6) is -0.935. The lowest BCUT2D eigenvalue weighted by Gasteiger charge is -1.96. The number of carbonyl (C=O) groups excluding carboxylic acids is 3. The maximum absolute atomic E-state index is 9.63. The first kappa shape index (κ1) is 34.6. The van der Waals surface area contributed by atoms with Gasteiger partial charge in [0, 0.05) is 5.57 Å². The van der Waals surface area contributed by atoms with Gasteiger partial charge in [-0.2, -0.15) is 0 Å². The van der Waals surface area contributed by atoms with E-state index in [1.165, 1.54) is 19.1 Å². The summed E-state index contributed by atoms with van der Waals surface area (Å²) in [6, 6.07) is 0. The summed E-state index contributed by atoms with van der Waals surface area (Å²) in [7, 11) is 0. The molecular weight excluding hydrogens is 402 g/mol. The van der Waals surface area contributed by atoms with E-state index in [0.717, 1.165) is 25.7 Å². The second-order valence-corrected chi connectivity index (χ2v) is 5.22. The van der Waals surface area contributed by atoms with Crippen molar-refractivity contribution in [2.45, 2.75) is 45.6 Å². The zero-order chi connectivity index (χ0) is 24.2. The maximum Gasteiger partial charge on any atom is 0.404 e. The molecule has 0 fully saturated rings. The summed E-state index contributed by atoms with van der Waals surface area (Å²) in [6.07, 6.45) is 5.14. The monoisotopic (exact) mass is 435 g/mol. The van der Waals surface area contributed by atoms with E-state index in [0.29, 0.717) is 19.7 Å². The van der Waals surface area contributed by atoms with Gasteiger partial charge in [-0.05, 0) is 26.7 Å². The van der Waals surface area contributed by atoms with Crippen LogP contribution in [-0.2, 0) is 19.1 Å². The number of hydrogen-bond donors (Lipinski definition) is 5. The van der Waals surface area contributed by atoms with Gasteiger partial charge in [-0.25, -0.2) is 29.2 Å². The Morgan fingerprint density at radius 2 is 1.40 bits per heavy atom. The Labute approximate surface area is 175 Å². The predicted octanol–water partition coefficient (Wildman–Crippen LogP) is 0.299. The van der Waals surface area contributed by atoms with Crippen LogP contribution in [0.1, 0.15) is 39.5 Å². The molecule has 12 nitrogen and oxygen atoms in total. The van der Waals surface area contributed by atoms with Crippen molar-refractivity contribution in [3.8, 4) is 0 Å². The minimum atomic E-state index is -0.954. The van der Waals surface area contributed by atoms with Crippen LogP contribution in [0.4, 0.5) is 4.79 Å². The van der Waals surface area contributed by atoms with Gasteiger partial charge in [-0.3, -0.25) is 0 Å². The van der Waals surface area contributed by atoms with Crippen molar-refractivity contribution >= 4 is 24.2 Å². The highest BCUT2D eigenvalue weighted by Crippen LogP contribution is 1.99. The van der Waals surface area contributed by atoms with E-state index in [2.05, 4.69) is 27.0 Å². The number of isocyanates is 2. The molecule has 0 atom stereocenters. The molecular formula is C18H33N3O9. The Morgan fingerprint density at radius 1 is 1.03 bits per heavy atom. The number of nitrogens with two attached hydrogens (primary N) is 1. The molecule has 0 aliphatic rings. The zero-order valence-corrected chi connectivity index (χ0v) is 17.5. The number of ether oxygens (including phenoxy) is 1. The molecule has 0 radical (unpaired) electrons. The van der Waals surface area contributed by atoms with Crippen LogP contribution in [0, 0.1) is 0 Å². The van der Waals surface area contributed by atoms with Gasteiger partial charge in [0.05, 0.1) is 32.9 Å². The largest absolute Gasteiger partial charge is 0.478 e. The number of primary amides is 1. The average molecular weight is 435 g/mol. The number of rotatable bonds is 11. The van der Waals surface area contributed by atoms with Crippen molar-refractivity contribution < 1.29 is 44.3 Å². The summed E-state index contributed by atoms with van der Waals surface area (Å²) in [4.78, 5) is 45.3. The molecule has 174 valence electrons. The molecule has 30 heavy (non-hydrogen) atoms. The van der Waals surface area contributed by atoms with Gasteiger partial charge in [0.2, 0.25) is 12.2 Å². The van der Waals surface area contributed by atoms with E-state index < -0.39 is 18.2 Å². The van der Waals surface area contributed by atoms with Crippen LogP contribution in [-0.4, -0.2) is 83.7 Å². The number of aliphatic imine (C=N–C) groups is 2. The second kappa shape index (κ2) is 30.8. The minimum absolute atomic E-state index is 0.176. The average Bonchev–Trinajstić information content (AvgIpc) is 2.70. The lowest BCUT2D eigenvalue weighted by molar-refractivity contribution is -0.132. The summed E-state index contributed by atoms with van der Waals surface area (Å²) < 4.78 is 4.18. The first-order chi connectivity index (χ1) is 14.1. The highest BCUT2D eigenvalue weighted by Gasteiger charge is 1.93. The fraction of sp³-hybridized carbons (Fsp3) is 0.667. The van der Waals surface area contributed by atoms with Gasteiger partial charge in [-0.1, -0.05) is 19.4 Å². The fourth-order valence-corrected chi connectivity index (χ4v) is 1.03. The Bertz CT molecular complexity index is 491. The van der Waals surface area contributed by atoms with E-state index in [4.69, 9.17) is 20.4 Å². The SMILES string of the molecule is C=C(C)C(=O)O.CCOC(N)=O.O=C=NCCCCCCN=C=O.OCC(O)CO. The number of aliphatic carboxylic acids is 1. The van der Waals surface area contributed by atoms with Crippen molar-refractivity contribution in [3.05, 3.63) is 12.2 Å². The predicted molar refractivity (Wildman–Crippen MR) is 108 cm³/mol.